The van der Waals surface area contributed by atoms with Gasteiger partial charge in [-0.15, -0.1) is 0 Å². The van der Waals surface area contributed by atoms with E-state index in [2.05, 4.69) is 234 Å². The Bertz CT molecular complexity index is 3020. The molecule has 0 fully saturated rings. The van der Waals surface area contributed by atoms with Crippen LogP contribution in [0.3, 0.4) is 0 Å². The maximum absolute atomic E-state index is 13.7. The average molecular weight is 1440 g/mol. The van der Waals surface area contributed by atoms with E-state index in [1.54, 1.807) is 0 Å². The molecule has 2 aliphatic rings. The molecule has 0 spiro atoms. The molecule has 467 valence electrons. The van der Waals surface area contributed by atoms with Gasteiger partial charge in [0.2, 0.25) is 0 Å². The number of benzene rings is 4. The molecule has 0 bridgehead atoms. The van der Waals surface area contributed by atoms with E-state index in [1.165, 1.54) is 61.0 Å². The Balaban J connectivity index is 0.000000438. The third-order valence-electron chi connectivity index (χ3n) is 16.0. The van der Waals surface area contributed by atoms with Crippen LogP contribution in [0.5, 0.6) is 0 Å². The monoisotopic (exact) mass is 1440 g/mol. The van der Waals surface area contributed by atoms with Crippen LogP contribution in [0.15, 0.2) is 118 Å². The van der Waals surface area contributed by atoms with Crippen LogP contribution >= 0.6 is 0 Å². The van der Waals surface area contributed by atoms with Gasteiger partial charge in [0.05, 0.1) is 11.4 Å². The van der Waals surface area contributed by atoms with Crippen molar-refractivity contribution in [3.05, 3.63) is 207 Å². The number of rotatable bonds is 16. The van der Waals surface area contributed by atoms with Crippen LogP contribution in [0, 0.1) is 107 Å². The predicted octanol–water partition coefficient (Wildman–Crippen LogP) is 18.5. The number of aryl methyl sites for hydroxylation is 4. The normalized spacial score (nSPS) is 15.3. The van der Waals surface area contributed by atoms with E-state index >= 15 is 0 Å². The number of amides is 4. The molecule has 0 atom stereocenters. The van der Waals surface area contributed by atoms with Crippen LogP contribution < -0.4 is 31.9 Å². The molecule has 0 aromatic heterocycles. The van der Waals surface area contributed by atoms with E-state index in [-0.39, 0.29) is 112 Å². The molecule has 4 amide bonds. The molecule has 0 aliphatic carbocycles. The standard InChI is InChI=1S/2C37H51N3O2.CH3.2Nd/c2*1-20(2)28-16-24(9)17-29(21(3)4)34(28)36(41)38-26(11)32-14-13-15-33(40-32)27(12)39-37(42)35-30(22(5)6)18-25(10)19-31(35)23(7)8;;;/h2*13-14,16-23,40H,15H2,1-12H3,(H,38,41)(H,39,42);1H3;;. The summed E-state index contributed by atoms with van der Waals surface area (Å²) in [6, 6.07) is 17.0. The summed E-state index contributed by atoms with van der Waals surface area (Å²) in [5, 5.41) is 19.6. The number of hydrogen-bond donors (Lipinski definition) is 6. The first kappa shape index (κ1) is 76.7. The molecular formula is C75H105N6Nd2O4. The van der Waals surface area contributed by atoms with Crippen LogP contribution in [-0.2, 0) is 0 Å². The Morgan fingerprint density at radius 2 is 0.517 bits per heavy atom. The second-order valence-electron chi connectivity index (χ2n) is 26.1. The molecule has 4 aromatic rings. The minimum atomic E-state index is -0.0921. The first-order valence-electron chi connectivity index (χ1n) is 31.2. The SMILES string of the molecule is CC(NC(=O)c1c(C(C)C)cc(C)cc1C(C)C)=C1C=CCC(=C(C)NC(=O)c2c(C(C)C)cc(C)cc2C(C)C)N1.CC(NC(=O)c1c(C(C)C)cc(C)cc1C(C)C)=C1C=CCC(=C(C)NC(=O)c2c(C(C)C)cc(C)cc2C(C)C)N1.[CH3][Nd].[Nd]. The van der Waals surface area contributed by atoms with Crippen molar-refractivity contribution in [3.63, 3.8) is 0 Å². The Labute approximate surface area is 584 Å². The molecule has 4 aromatic carbocycles. The van der Waals surface area contributed by atoms with E-state index < -0.39 is 0 Å². The van der Waals surface area contributed by atoms with Gasteiger partial charge >= 0.3 is 41.3 Å². The fourth-order valence-electron chi connectivity index (χ4n) is 11.3. The number of carbonyl (C=O) groups excluding carboxylic acids is 4. The van der Waals surface area contributed by atoms with Crippen LogP contribution in [0.25, 0.3) is 0 Å². The topological polar surface area (TPSA) is 140 Å². The van der Waals surface area contributed by atoms with Gasteiger partial charge in [-0.05, 0) is 159 Å². The Morgan fingerprint density at radius 3 is 0.690 bits per heavy atom. The first-order valence-corrected chi connectivity index (χ1v) is 34.5. The van der Waals surface area contributed by atoms with Gasteiger partial charge in [0.1, 0.15) is 0 Å². The maximum atomic E-state index is 13.7. The summed E-state index contributed by atoms with van der Waals surface area (Å²) in [6.45, 7) is 50.1. The molecule has 2 heterocycles. The quantitative estimate of drug-likeness (QED) is 0.0660. The molecule has 0 saturated heterocycles. The molecule has 87 heavy (non-hydrogen) atoms. The fourth-order valence-corrected chi connectivity index (χ4v) is 11.3. The molecule has 2 aliphatic heterocycles. The van der Waals surface area contributed by atoms with Crippen molar-refractivity contribution in [2.45, 2.75) is 229 Å². The van der Waals surface area contributed by atoms with Gasteiger partial charge in [-0.1, -0.05) is 194 Å². The van der Waals surface area contributed by atoms with Crippen LogP contribution in [0.1, 0.15) is 307 Å². The molecule has 12 heteroatoms. The largest absolute Gasteiger partial charge is 0 e. The van der Waals surface area contributed by atoms with Gasteiger partial charge in [-0.3, -0.25) is 19.2 Å². The number of carbonyl (C=O) groups is 4. The molecule has 6 rings (SSSR count). The summed E-state index contributed by atoms with van der Waals surface area (Å²) in [7, 11) is 0. The van der Waals surface area contributed by atoms with Crippen LogP contribution in [-0.4, -0.2) is 23.6 Å². The Kier molecular flexibility index (Phi) is 30.5. The summed E-state index contributed by atoms with van der Waals surface area (Å²) in [4.78, 5) is 54.8. The van der Waals surface area contributed by atoms with E-state index in [4.69, 9.17) is 0 Å². The Hall–Kier alpha value is -4.50. The van der Waals surface area contributed by atoms with E-state index in [0.717, 1.165) is 112 Å². The zero-order chi connectivity index (χ0) is 64.9. The predicted molar refractivity (Wildman–Crippen MR) is 358 cm³/mol. The summed E-state index contributed by atoms with van der Waals surface area (Å²) >= 11 is 1.31. The van der Waals surface area contributed by atoms with Crippen molar-refractivity contribution in [2.24, 2.45) is 0 Å². The molecule has 0 unspecified atom stereocenters. The van der Waals surface area contributed by atoms with Gasteiger partial charge in [-0.25, -0.2) is 0 Å². The third-order valence-corrected chi connectivity index (χ3v) is 16.0. The summed E-state index contributed by atoms with van der Waals surface area (Å²) < 4.78 is 2.14. The van der Waals surface area contributed by atoms with Crippen molar-refractivity contribution in [1.82, 2.24) is 31.9 Å². The van der Waals surface area contributed by atoms with Crippen molar-refractivity contribution >= 4 is 23.6 Å². The second kappa shape index (κ2) is 34.6. The fraction of sp³-hybridized carbons (Fsp3) is 0.467. The second-order valence-corrected chi connectivity index (χ2v) is 26.1. The van der Waals surface area contributed by atoms with E-state index in [0.29, 0.717) is 12.8 Å². The van der Waals surface area contributed by atoms with Gasteiger partial charge < -0.3 is 31.9 Å². The summed E-state index contributed by atoms with van der Waals surface area (Å²) in [5.74, 6) is 1.48. The van der Waals surface area contributed by atoms with Gasteiger partial charge in [0.25, 0.3) is 23.6 Å². The van der Waals surface area contributed by atoms with Gasteiger partial charge in [0.15, 0.2) is 0 Å². The molecule has 0 radical (unpaired) electrons. The smallest absolute Gasteiger partial charge is 0 e. The minimum Gasteiger partial charge on any atom is 0 e. The molecular weight excluding hydrogens is 1340 g/mol. The molecule has 10 nitrogen and oxygen atoms in total. The van der Waals surface area contributed by atoms with Crippen molar-refractivity contribution in [2.75, 3.05) is 0 Å². The van der Waals surface area contributed by atoms with Crippen LogP contribution in [0.2, 0.25) is 2.57 Å². The van der Waals surface area contributed by atoms with Crippen molar-refractivity contribution in [1.29, 1.82) is 0 Å². The summed E-state index contributed by atoms with van der Waals surface area (Å²) in [6.07, 6.45) is 9.41. The zero-order valence-electron chi connectivity index (χ0n) is 57.6. The number of allylic oxidation sites excluding steroid dienone is 8. The minimum absolute atomic E-state index is 0. The first-order chi connectivity index (χ1) is 40.2. The van der Waals surface area contributed by atoms with Crippen LogP contribution in [0.4, 0.5) is 0 Å². The zero-order valence-corrected chi connectivity index (χ0v) is 64.0. The molecule has 6 N–H and O–H groups in total. The van der Waals surface area contributed by atoms with E-state index in [1.807, 2.05) is 39.8 Å². The third kappa shape index (κ3) is 20.2. The Morgan fingerprint density at radius 1 is 0.345 bits per heavy atom. The molecule has 0 saturated carbocycles. The van der Waals surface area contributed by atoms with Gasteiger partial charge in [-0.2, -0.15) is 0 Å². The number of nitrogens with one attached hydrogen (secondary N) is 6. The van der Waals surface area contributed by atoms with Crippen molar-refractivity contribution in [3.8, 4) is 0 Å². The van der Waals surface area contributed by atoms with E-state index in [9.17, 15) is 19.2 Å². The number of hydrogen-bond acceptors (Lipinski definition) is 6. The van der Waals surface area contributed by atoms with Gasteiger partial charge in [0, 0.05) is 110 Å². The average Bonchev–Trinajstić information content (AvgIpc) is 1.68. The van der Waals surface area contributed by atoms with Crippen molar-refractivity contribution < 1.29 is 98.8 Å². The summed E-state index contributed by atoms with van der Waals surface area (Å²) in [5.41, 5.74) is 22.8. The maximum Gasteiger partial charge on any atom is 0 e.